The van der Waals surface area contributed by atoms with Gasteiger partial charge in [0, 0.05) is 13.2 Å². The van der Waals surface area contributed by atoms with Crippen molar-refractivity contribution in [2.45, 2.75) is 45.4 Å². The molecule has 0 bridgehead atoms. The van der Waals surface area contributed by atoms with Crippen LogP contribution in [0.5, 0.6) is 0 Å². The molecule has 2 aromatic rings. The summed E-state index contributed by atoms with van der Waals surface area (Å²) in [5.41, 5.74) is 4.81. The number of fused-ring (bicyclic) bond motifs is 1. The molecule has 2 aromatic carbocycles. The molecule has 25 heavy (non-hydrogen) atoms. The first-order valence-electron chi connectivity index (χ1n) is 9.04. The molecule has 0 aliphatic heterocycles. The number of aryl methyl sites for hydroxylation is 1. The summed E-state index contributed by atoms with van der Waals surface area (Å²) in [6.07, 6.45) is 3.20. The topological polar surface area (TPSA) is 50.4 Å². The van der Waals surface area contributed by atoms with Gasteiger partial charge in [-0.15, -0.1) is 0 Å². The first kappa shape index (κ1) is 17.5. The summed E-state index contributed by atoms with van der Waals surface area (Å²) >= 11 is 0. The van der Waals surface area contributed by atoms with Crippen molar-refractivity contribution in [3.05, 3.63) is 70.8 Å². The Morgan fingerprint density at radius 1 is 1.12 bits per heavy atom. The van der Waals surface area contributed by atoms with E-state index in [-0.39, 0.29) is 12.1 Å². The lowest BCUT2D eigenvalue weighted by Gasteiger charge is -2.26. The highest BCUT2D eigenvalue weighted by molar-refractivity contribution is 5.74. The normalized spacial score (nSPS) is 16.1. The second-order valence-corrected chi connectivity index (χ2v) is 6.38. The fourth-order valence-corrected chi connectivity index (χ4v) is 3.37. The average molecular weight is 338 g/mol. The van der Waals surface area contributed by atoms with Crippen LogP contribution in [0.15, 0.2) is 48.5 Å². The highest BCUT2D eigenvalue weighted by atomic mass is 16.5. The van der Waals surface area contributed by atoms with E-state index in [1.165, 1.54) is 11.1 Å². The number of amides is 2. The number of benzene rings is 2. The molecule has 3 rings (SSSR count). The maximum Gasteiger partial charge on any atom is 0.315 e. The third-order valence-corrected chi connectivity index (χ3v) is 4.69. The fraction of sp³-hybridized carbons (Fsp3) is 0.381. The Labute approximate surface area is 149 Å². The molecule has 0 heterocycles. The van der Waals surface area contributed by atoms with E-state index in [9.17, 15) is 4.79 Å². The molecule has 2 N–H and O–H groups in total. The van der Waals surface area contributed by atoms with Gasteiger partial charge < -0.3 is 15.4 Å². The smallest absolute Gasteiger partial charge is 0.315 e. The number of ether oxygens (including phenoxy) is 1. The third kappa shape index (κ3) is 4.60. The summed E-state index contributed by atoms with van der Waals surface area (Å²) in [6.45, 7) is 3.75. The summed E-state index contributed by atoms with van der Waals surface area (Å²) in [5, 5.41) is 6.11. The minimum absolute atomic E-state index is 0.101. The average Bonchev–Trinajstić information content (AvgIpc) is 2.65. The van der Waals surface area contributed by atoms with Crippen LogP contribution in [0.4, 0.5) is 4.79 Å². The maximum absolute atomic E-state index is 12.4. The van der Waals surface area contributed by atoms with E-state index in [4.69, 9.17) is 4.74 Å². The van der Waals surface area contributed by atoms with Crippen molar-refractivity contribution in [3.8, 4) is 0 Å². The Hall–Kier alpha value is -2.33. The summed E-state index contributed by atoms with van der Waals surface area (Å²) < 4.78 is 5.50. The first-order chi connectivity index (χ1) is 12.3. The molecule has 4 heteroatoms. The van der Waals surface area contributed by atoms with Gasteiger partial charge in [0.15, 0.2) is 0 Å². The lowest BCUT2D eigenvalue weighted by Crippen LogP contribution is -2.38. The number of hydrogen-bond donors (Lipinski definition) is 2. The predicted octanol–water partition coefficient (Wildman–Crippen LogP) is 4.10. The van der Waals surface area contributed by atoms with Crippen molar-refractivity contribution in [2.75, 3.05) is 6.61 Å². The lowest BCUT2D eigenvalue weighted by atomic mass is 9.88. The van der Waals surface area contributed by atoms with Gasteiger partial charge in [0.1, 0.15) is 0 Å². The second kappa shape index (κ2) is 8.67. The predicted molar refractivity (Wildman–Crippen MR) is 99.3 cm³/mol. The van der Waals surface area contributed by atoms with Gasteiger partial charge in [0.25, 0.3) is 0 Å². The number of urea groups is 1. The Morgan fingerprint density at radius 3 is 2.72 bits per heavy atom. The van der Waals surface area contributed by atoms with Crippen LogP contribution in [0.25, 0.3) is 0 Å². The molecule has 1 aliphatic carbocycles. The Kier molecular flexibility index (Phi) is 6.07. The fourth-order valence-electron chi connectivity index (χ4n) is 3.37. The van der Waals surface area contributed by atoms with Gasteiger partial charge in [0.2, 0.25) is 0 Å². The van der Waals surface area contributed by atoms with Gasteiger partial charge in [-0.05, 0) is 48.4 Å². The quantitative estimate of drug-likeness (QED) is 0.833. The Morgan fingerprint density at radius 2 is 1.88 bits per heavy atom. The van der Waals surface area contributed by atoms with Crippen molar-refractivity contribution in [3.63, 3.8) is 0 Å². The maximum atomic E-state index is 12.4. The molecule has 2 amide bonds. The van der Waals surface area contributed by atoms with E-state index < -0.39 is 0 Å². The standard InChI is InChI=1S/C21H26N2O2/c1-2-25-15-18-10-4-3-9-17(18)14-22-21(24)23-20-13-7-11-16-8-5-6-12-19(16)20/h3-6,8-10,12,20H,2,7,11,13-15H2,1H3,(H2,22,23,24). The second-order valence-electron chi connectivity index (χ2n) is 6.38. The molecule has 0 aromatic heterocycles. The van der Waals surface area contributed by atoms with Crippen molar-refractivity contribution in [1.29, 1.82) is 0 Å². The van der Waals surface area contributed by atoms with Crippen molar-refractivity contribution >= 4 is 6.03 Å². The molecule has 0 saturated carbocycles. The van der Waals surface area contributed by atoms with E-state index in [0.717, 1.165) is 30.4 Å². The van der Waals surface area contributed by atoms with Crippen molar-refractivity contribution in [1.82, 2.24) is 10.6 Å². The lowest BCUT2D eigenvalue weighted by molar-refractivity contribution is 0.133. The largest absolute Gasteiger partial charge is 0.377 e. The number of hydrogen-bond acceptors (Lipinski definition) is 2. The zero-order valence-electron chi connectivity index (χ0n) is 14.8. The minimum Gasteiger partial charge on any atom is -0.377 e. The van der Waals surface area contributed by atoms with Crippen LogP contribution in [0.3, 0.4) is 0 Å². The third-order valence-electron chi connectivity index (χ3n) is 4.69. The van der Waals surface area contributed by atoms with E-state index in [2.05, 4.69) is 28.8 Å². The Bertz CT molecular complexity index is 715. The van der Waals surface area contributed by atoms with Gasteiger partial charge in [-0.3, -0.25) is 0 Å². The minimum atomic E-state index is -0.118. The van der Waals surface area contributed by atoms with E-state index in [0.29, 0.717) is 19.8 Å². The molecule has 0 saturated heterocycles. The van der Waals surface area contributed by atoms with Crippen molar-refractivity contribution < 1.29 is 9.53 Å². The van der Waals surface area contributed by atoms with Gasteiger partial charge in [-0.2, -0.15) is 0 Å². The zero-order valence-corrected chi connectivity index (χ0v) is 14.8. The molecule has 1 aliphatic rings. The van der Waals surface area contributed by atoms with Gasteiger partial charge in [-0.1, -0.05) is 48.5 Å². The van der Waals surface area contributed by atoms with Gasteiger partial charge in [-0.25, -0.2) is 4.79 Å². The van der Waals surface area contributed by atoms with Gasteiger partial charge in [0.05, 0.1) is 12.6 Å². The number of rotatable bonds is 6. The monoisotopic (exact) mass is 338 g/mol. The Balaban J connectivity index is 1.58. The van der Waals surface area contributed by atoms with Crippen LogP contribution in [0, 0.1) is 0 Å². The van der Waals surface area contributed by atoms with Crippen LogP contribution in [-0.4, -0.2) is 12.6 Å². The molecule has 4 nitrogen and oxygen atoms in total. The molecule has 1 unspecified atom stereocenters. The molecule has 0 radical (unpaired) electrons. The number of carbonyl (C=O) groups is 1. The van der Waals surface area contributed by atoms with Crippen LogP contribution in [0.2, 0.25) is 0 Å². The molecular weight excluding hydrogens is 312 g/mol. The molecule has 0 fully saturated rings. The first-order valence-corrected chi connectivity index (χ1v) is 9.04. The zero-order chi connectivity index (χ0) is 17.5. The van der Waals surface area contributed by atoms with E-state index in [1.807, 2.05) is 37.3 Å². The van der Waals surface area contributed by atoms with E-state index in [1.54, 1.807) is 0 Å². The number of nitrogens with one attached hydrogen (secondary N) is 2. The molecular formula is C21H26N2O2. The van der Waals surface area contributed by atoms with Crippen LogP contribution in [-0.2, 0) is 24.3 Å². The molecule has 0 spiro atoms. The highest BCUT2D eigenvalue weighted by Gasteiger charge is 2.21. The summed E-state index contributed by atoms with van der Waals surface area (Å²) in [5.74, 6) is 0. The summed E-state index contributed by atoms with van der Waals surface area (Å²) in [4.78, 5) is 12.4. The molecule has 132 valence electrons. The molecule has 1 atom stereocenters. The van der Waals surface area contributed by atoms with Gasteiger partial charge >= 0.3 is 6.03 Å². The number of carbonyl (C=O) groups excluding carboxylic acids is 1. The van der Waals surface area contributed by atoms with Crippen LogP contribution < -0.4 is 10.6 Å². The summed E-state index contributed by atoms with van der Waals surface area (Å²) in [7, 11) is 0. The van der Waals surface area contributed by atoms with Crippen LogP contribution >= 0.6 is 0 Å². The van der Waals surface area contributed by atoms with Crippen molar-refractivity contribution in [2.24, 2.45) is 0 Å². The SMILES string of the molecule is CCOCc1ccccc1CNC(=O)NC1CCCc2ccccc21. The summed E-state index contributed by atoms with van der Waals surface area (Å²) in [6, 6.07) is 16.4. The van der Waals surface area contributed by atoms with E-state index >= 15 is 0 Å². The van der Waals surface area contributed by atoms with Crippen LogP contribution in [0.1, 0.15) is 48.1 Å². The highest BCUT2D eigenvalue weighted by Crippen LogP contribution is 2.29.